The summed E-state index contributed by atoms with van der Waals surface area (Å²) >= 11 is 1.62. The van der Waals surface area contributed by atoms with E-state index in [2.05, 4.69) is 51.5 Å². The maximum atomic E-state index is 10.2. The molecule has 2 atom stereocenters. The Bertz CT molecular complexity index is 1400. The van der Waals surface area contributed by atoms with Gasteiger partial charge in [-0.3, -0.25) is 4.98 Å². The second-order valence-electron chi connectivity index (χ2n) is 7.81. The minimum absolute atomic E-state index is 0.434. The van der Waals surface area contributed by atoms with Crippen LogP contribution < -0.4 is 5.32 Å². The molecule has 2 unspecified atom stereocenters. The van der Waals surface area contributed by atoms with Gasteiger partial charge in [0.1, 0.15) is 11.9 Å². The number of hydrogen-bond donors (Lipinski definition) is 4. The lowest BCUT2D eigenvalue weighted by Crippen LogP contribution is -2.18. The molecule has 4 aromatic heterocycles. The van der Waals surface area contributed by atoms with Gasteiger partial charge in [0.15, 0.2) is 0 Å². The Balaban J connectivity index is 1.52. The Labute approximate surface area is 183 Å². The molecule has 5 rings (SSSR count). The van der Waals surface area contributed by atoms with Gasteiger partial charge in [0.2, 0.25) is 0 Å². The molecular formula is C23H23N5O2S. The number of aliphatic hydroxyl groups excluding tert-OH is 2. The lowest BCUT2D eigenvalue weighted by molar-refractivity contribution is 0.0233. The summed E-state index contributed by atoms with van der Waals surface area (Å²) in [5.41, 5.74) is 6.01. The molecule has 0 fully saturated rings. The Morgan fingerprint density at radius 1 is 1.13 bits per heavy atom. The molecule has 8 heteroatoms. The van der Waals surface area contributed by atoms with Crippen LogP contribution in [0.1, 0.15) is 24.5 Å². The number of imidazole rings is 1. The molecule has 5 aromatic rings. The zero-order valence-corrected chi connectivity index (χ0v) is 18.2. The molecule has 0 spiro atoms. The molecule has 1 aromatic carbocycles. The normalized spacial score (nSPS) is 13.7. The van der Waals surface area contributed by atoms with Crippen molar-refractivity contribution >= 4 is 43.8 Å². The largest absolute Gasteiger partial charge is 0.390 e. The van der Waals surface area contributed by atoms with Crippen LogP contribution in [0.2, 0.25) is 0 Å². The minimum Gasteiger partial charge on any atom is -0.390 e. The number of fused-ring (bicyclic) bond motifs is 2. The Hall–Kier alpha value is -3.20. The van der Waals surface area contributed by atoms with Gasteiger partial charge in [-0.1, -0.05) is 0 Å². The van der Waals surface area contributed by atoms with Crippen molar-refractivity contribution in [3.05, 3.63) is 60.3 Å². The summed E-state index contributed by atoms with van der Waals surface area (Å²) in [6.07, 6.45) is 1.60. The van der Waals surface area contributed by atoms with E-state index in [4.69, 9.17) is 0 Å². The molecule has 7 nitrogen and oxygen atoms in total. The Kier molecular flexibility index (Phi) is 4.77. The molecule has 0 aliphatic rings. The number of thiophene rings is 1. The SMILES string of the molecule is Cc1cc2cc(Nc3ccnc4cc(-c5cnc(C(O)C(C)O)n5C)sc34)ccc2[nH]1. The highest BCUT2D eigenvalue weighted by Gasteiger charge is 2.21. The van der Waals surface area contributed by atoms with Crippen molar-refractivity contribution in [3.8, 4) is 10.6 Å². The highest BCUT2D eigenvalue weighted by atomic mass is 32.1. The van der Waals surface area contributed by atoms with Crippen LogP contribution in [0.5, 0.6) is 0 Å². The molecular weight excluding hydrogens is 410 g/mol. The van der Waals surface area contributed by atoms with Gasteiger partial charge in [-0.2, -0.15) is 0 Å². The lowest BCUT2D eigenvalue weighted by Gasteiger charge is -2.13. The van der Waals surface area contributed by atoms with Crippen LogP contribution in [0.3, 0.4) is 0 Å². The summed E-state index contributed by atoms with van der Waals surface area (Å²) < 4.78 is 2.86. The number of benzene rings is 1. The van der Waals surface area contributed by atoms with E-state index in [9.17, 15) is 10.2 Å². The Morgan fingerprint density at radius 2 is 1.97 bits per heavy atom. The zero-order valence-electron chi connectivity index (χ0n) is 17.4. The number of rotatable bonds is 5. The van der Waals surface area contributed by atoms with E-state index in [1.165, 1.54) is 5.39 Å². The number of nitrogens with one attached hydrogen (secondary N) is 2. The Morgan fingerprint density at radius 3 is 2.77 bits per heavy atom. The third kappa shape index (κ3) is 3.48. The molecule has 0 aliphatic carbocycles. The number of aromatic nitrogens is 4. The summed E-state index contributed by atoms with van der Waals surface area (Å²) in [5, 5.41) is 24.6. The molecule has 0 amide bonds. The predicted octanol–water partition coefficient (Wildman–Crippen LogP) is 4.64. The number of anilines is 2. The van der Waals surface area contributed by atoms with E-state index in [1.807, 2.05) is 23.7 Å². The van der Waals surface area contributed by atoms with Gasteiger partial charge in [-0.25, -0.2) is 4.98 Å². The van der Waals surface area contributed by atoms with Crippen molar-refractivity contribution in [2.75, 3.05) is 5.32 Å². The predicted molar refractivity (Wildman–Crippen MR) is 125 cm³/mol. The van der Waals surface area contributed by atoms with Gasteiger partial charge >= 0.3 is 0 Å². The fourth-order valence-electron chi connectivity index (χ4n) is 3.82. The van der Waals surface area contributed by atoms with Gasteiger partial charge in [-0.05, 0) is 50.2 Å². The molecule has 0 radical (unpaired) electrons. The topological polar surface area (TPSA) is 99.0 Å². The van der Waals surface area contributed by atoms with Crippen molar-refractivity contribution in [1.29, 1.82) is 0 Å². The van der Waals surface area contributed by atoms with Gasteiger partial charge in [0.25, 0.3) is 0 Å². The van der Waals surface area contributed by atoms with E-state index in [0.717, 1.165) is 43.4 Å². The molecule has 158 valence electrons. The zero-order chi connectivity index (χ0) is 21.7. The van der Waals surface area contributed by atoms with E-state index in [0.29, 0.717) is 5.82 Å². The van der Waals surface area contributed by atoms with Crippen LogP contribution >= 0.6 is 11.3 Å². The van der Waals surface area contributed by atoms with Crippen molar-refractivity contribution in [1.82, 2.24) is 19.5 Å². The fourth-order valence-corrected chi connectivity index (χ4v) is 4.95. The van der Waals surface area contributed by atoms with E-state index < -0.39 is 12.2 Å². The molecule has 0 saturated carbocycles. The first-order valence-electron chi connectivity index (χ1n) is 10.0. The fraction of sp³-hybridized carbons (Fsp3) is 0.217. The number of hydrogen-bond acceptors (Lipinski definition) is 6. The smallest absolute Gasteiger partial charge is 0.140 e. The van der Waals surface area contributed by atoms with Gasteiger partial charge in [0, 0.05) is 35.5 Å². The van der Waals surface area contributed by atoms with E-state index >= 15 is 0 Å². The average molecular weight is 434 g/mol. The molecule has 0 bridgehead atoms. The molecule has 4 N–H and O–H groups in total. The highest BCUT2D eigenvalue weighted by molar-refractivity contribution is 7.22. The van der Waals surface area contributed by atoms with E-state index in [-0.39, 0.29) is 0 Å². The standard InChI is InChI=1S/C23H23N5O2S/c1-12-8-14-9-15(4-5-16(14)26-12)27-17-6-7-24-18-10-20(31-22(17)18)19-11-25-23(28(19)3)21(30)13(2)29/h4-11,13,21,26,29-30H,1-3H3,(H,24,27). The van der Waals surface area contributed by atoms with Crippen LogP contribution in [0.25, 0.3) is 31.7 Å². The van der Waals surface area contributed by atoms with Crippen LogP contribution in [-0.2, 0) is 7.05 Å². The number of aliphatic hydroxyl groups is 2. The van der Waals surface area contributed by atoms with Crippen molar-refractivity contribution in [2.45, 2.75) is 26.1 Å². The summed E-state index contributed by atoms with van der Waals surface area (Å²) in [5.74, 6) is 0.434. The van der Waals surface area contributed by atoms with E-state index in [1.54, 1.807) is 30.7 Å². The molecule has 31 heavy (non-hydrogen) atoms. The number of aromatic amines is 1. The number of pyridine rings is 1. The van der Waals surface area contributed by atoms with Crippen molar-refractivity contribution in [3.63, 3.8) is 0 Å². The molecule has 0 saturated heterocycles. The van der Waals surface area contributed by atoms with Crippen LogP contribution in [-0.4, -0.2) is 35.8 Å². The van der Waals surface area contributed by atoms with Gasteiger partial charge in [0.05, 0.1) is 38.8 Å². The average Bonchev–Trinajstić information content (AvgIpc) is 3.42. The highest BCUT2D eigenvalue weighted by Crippen LogP contribution is 2.38. The number of aryl methyl sites for hydroxylation is 1. The number of nitrogens with zero attached hydrogens (tertiary/aromatic N) is 3. The third-order valence-corrected chi connectivity index (χ3v) is 6.62. The maximum Gasteiger partial charge on any atom is 0.140 e. The van der Waals surface area contributed by atoms with Crippen molar-refractivity contribution in [2.24, 2.45) is 7.05 Å². The summed E-state index contributed by atoms with van der Waals surface area (Å²) in [4.78, 5) is 13.2. The van der Waals surface area contributed by atoms with Gasteiger partial charge < -0.3 is 25.1 Å². The first-order valence-corrected chi connectivity index (χ1v) is 10.9. The first-order chi connectivity index (χ1) is 14.9. The van der Waals surface area contributed by atoms with Crippen LogP contribution in [0, 0.1) is 6.92 Å². The number of H-pyrrole nitrogens is 1. The van der Waals surface area contributed by atoms with Gasteiger partial charge in [-0.15, -0.1) is 11.3 Å². The monoisotopic (exact) mass is 433 g/mol. The maximum absolute atomic E-state index is 10.2. The van der Waals surface area contributed by atoms with Crippen LogP contribution in [0.4, 0.5) is 11.4 Å². The molecule has 4 heterocycles. The first kappa shape index (κ1) is 19.7. The second kappa shape index (κ2) is 7.49. The molecule has 0 aliphatic heterocycles. The van der Waals surface area contributed by atoms with Crippen LogP contribution in [0.15, 0.2) is 48.8 Å². The lowest BCUT2D eigenvalue weighted by atomic mass is 10.2. The quantitative estimate of drug-likeness (QED) is 0.324. The van der Waals surface area contributed by atoms with Crippen molar-refractivity contribution < 1.29 is 10.2 Å². The summed E-state index contributed by atoms with van der Waals surface area (Å²) in [6.45, 7) is 3.60. The summed E-state index contributed by atoms with van der Waals surface area (Å²) in [7, 11) is 1.84. The summed E-state index contributed by atoms with van der Waals surface area (Å²) in [6, 6.07) is 12.4. The third-order valence-electron chi connectivity index (χ3n) is 5.44. The minimum atomic E-state index is -1.03. The second-order valence-corrected chi connectivity index (χ2v) is 8.86.